The standard InChI is InChI=1S/C23H29N5O2/c1-24-23(25-17-22(29)28-11-10-18-6-3-4-9-21(18)28)27-14-12-26(13-15-27)19-7-5-8-20(16-19)30-2/h3-9,16H,10-15,17H2,1-2H3,(H,24,25). The molecule has 0 unspecified atom stereocenters. The second-order valence-electron chi connectivity index (χ2n) is 7.50. The number of hydrogen-bond acceptors (Lipinski definition) is 4. The predicted octanol–water partition coefficient (Wildman–Crippen LogP) is 1.98. The molecule has 1 fully saturated rings. The first-order valence-corrected chi connectivity index (χ1v) is 10.4. The minimum atomic E-state index is 0.0797. The summed E-state index contributed by atoms with van der Waals surface area (Å²) in [6, 6.07) is 16.3. The van der Waals surface area contributed by atoms with Crippen molar-refractivity contribution in [2.24, 2.45) is 4.99 Å². The maximum absolute atomic E-state index is 12.8. The topological polar surface area (TPSA) is 60.4 Å². The Balaban J connectivity index is 1.31. The van der Waals surface area contributed by atoms with Crippen molar-refractivity contribution in [1.82, 2.24) is 10.2 Å². The van der Waals surface area contributed by atoms with Crippen LogP contribution in [-0.2, 0) is 11.2 Å². The van der Waals surface area contributed by atoms with Gasteiger partial charge in [-0.05, 0) is 30.2 Å². The molecule has 1 amide bonds. The van der Waals surface area contributed by atoms with Crippen molar-refractivity contribution in [2.45, 2.75) is 6.42 Å². The van der Waals surface area contributed by atoms with Crippen LogP contribution < -0.4 is 19.9 Å². The molecule has 0 saturated carbocycles. The molecule has 7 heteroatoms. The lowest BCUT2D eigenvalue weighted by atomic mass is 10.2. The molecule has 0 aliphatic carbocycles. The Hall–Kier alpha value is -3.22. The third-order valence-corrected chi connectivity index (χ3v) is 5.80. The van der Waals surface area contributed by atoms with Crippen LogP contribution in [0.25, 0.3) is 0 Å². The number of fused-ring (bicyclic) bond motifs is 1. The molecule has 2 aromatic rings. The third kappa shape index (κ3) is 4.20. The van der Waals surface area contributed by atoms with Crippen LogP contribution in [0.5, 0.6) is 5.75 Å². The van der Waals surface area contributed by atoms with Crippen LogP contribution in [-0.4, -0.2) is 70.2 Å². The fourth-order valence-corrected chi connectivity index (χ4v) is 4.16. The number of rotatable bonds is 4. The summed E-state index contributed by atoms with van der Waals surface area (Å²) in [5.74, 6) is 1.73. The fourth-order valence-electron chi connectivity index (χ4n) is 4.16. The van der Waals surface area contributed by atoms with Gasteiger partial charge in [0.05, 0.1) is 13.7 Å². The molecule has 0 bridgehead atoms. The van der Waals surface area contributed by atoms with E-state index in [0.717, 1.165) is 56.5 Å². The highest BCUT2D eigenvalue weighted by Crippen LogP contribution is 2.27. The molecule has 2 aliphatic rings. The average molecular weight is 408 g/mol. The van der Waals surface area contributed by atoms with Crippen LogP contribution >= 0.6 is 0 Å². The van der Waals surface area contributed by atoms with Gasteiger partial charge in [-0.15, -0.1) is 0 Å². The van der Waals surface area contributed by atoms with Gasteiger partial charge in [0, 0.05) is 57.2 Å². The number of carbonyl (C=O) groups is 1. The highest BCUT2D eigenvalue weighted by Gasteiger charge is 2.25. The first kappa shape index (κ1) is 20.1. The highest BCUT2D eigenvalue weighted by atomic mass is 16.5. The zero-order chi connectivity index (χ0) is 20.9. The van der Waals surface area contributed by atoms with Gasteiger partial charge in [-0.1, -0.05) is 24.3 Å². The van der Waals surface area contributed by atoms with Crippen molar-refractivity contribution < 1.29 is 9.53 Å². The van der Waals surface area contributed by atoms with Crippen molar-refractivity contribution in [2.75, 3.05) is 63.2 Å². The van der Waals surface area contributed by atoms with Crippen LogP contribution in [0.2, 0.25) is 0 Å². The van der Waals surface area contributed by atoms with E-state index in [-0.39, 0.29) is 12.5 Å². The zero-order valence-corrected chi connectivity index (χ0v) is 17.7. The number of anilines is 2. The lowest BCUT2D eigenvalue weighted by Gasteiger charge is -2.37. The quantitative estimate of drug-likeness (QED) is 0.620. The summed E-state index contributed by atoms with van der Waals surface area (Å²) >= 11 is 0. The monoisotopic (exact) mass is 407 g/mol. The van der Waals surface area contributed by atoms with E-state index >= 15 is 0 Å². The normalized spacial score (nSPS) is 16.5. The predicted molar refractivity (Wildman–Crippen MR) is 121 cm³/mol. The molecular weight excluding hydrogens is 378 g/mol. The molecule has 0 atom stereocenters. The van der Waals surface area contributed by atoms with Crippen molar-refractivity contribution in [1.29, 1.82) is 0 Å². The van der Waals surface area contributed by atoms with E-state index in [2.05, 4.69) is 38.3 Å². The Morgan fingerprint density at radius 3 is 2.63 bits per heavy atom. The smallest absolute Gasteiger partial charge is 0.246 e. The summed E-state index contributed by atoms with van der Waals surface area (Å²) in [6.45, 7) is 4.46. The van der Waals surface area contributed by atoms with E-state index in [1.54, 1.807) is 14.2 Å². The largest absolute Gasteiger partial charge is 0.497 e. The number of aliphatic imine (C=N–C) groups is 1. The number of methoxy groups -OCH3 is 1. The Morgan fingerprint density at radius 1 is 1.07 bits per heavy atom. The van der Waals surface area contributed by atoms with Crippen molar-refractivity contribution in [3.05, 3.63) is 54.1 Å². The van der Waals surface area contributed by atoms with Crippen LogP contribution in [0.4, 0.5) is 11.4 Å². The molecule has 7 nitrogen and oxygen atoms in total. The number of ether oxygens (including phenoxy) is 1. The van der Waals surface area contributed by atoms with Crippen LogP contribution in [0.15, 0.2) is 53.5 Å². The fraction of sp³-hybridized carbons (Fsp3) is 0.391. The SMILES string of the molecule is CN=C(NCC(=O)N1CCc2ccccc21)N1CCN(c2cccc(OC)c2)CC1. The Kier molecular flexibility index (Phi) is 6.07. The summed E-state index contributed by atoms with van der Waals surface area (Å²) in [5.41, 5.74) is 3.44. The number of piperazine rings is 1. The molecule has 1 N–H and O–H groups in total. The van der Waals surface area contributed by atoms with E-state index in [9.17, 15) is 4.79 Å². The van der Waals surface area contributed by atoms with Crippen LogP contribution in [0, 0.1) is 0 Å². The molecule has 2 heterocycles. The van der Waals surface area contributed by atoms with E-state index in [0.29, 0.717) is 0 Å². The first-order chi connectivity index (χ1) is 14.7. The Morgan fingerprint density at radius 2 is 1.87 bits per heavy atom. The molecule has 0 radical (unpaired) electrons. The van der Waals surface area contributed by atoms with Gasteiger partial charge in [-0.3, -0.25) is 9.79 Å². The molecule has 0 spiro atoms. The minimum absolute atomic E-state index is 0.0797. The van der Waals surface area contributed by atoms with E-state index in [1.807, 2.05) is 35.2 Å². The molecule has 2 aromatic carbocycles. The van der Waals surface area contributed by atoms with Crippen molar-refractivity contribution in [3.63, 3.8) is 0 Å². The summed E-state index contributed by atoms with van der Waals surface area (Å²) in [4.78, 5) is 23.6. The summed E-state index contributed by atoms with van der Waals surface area (Å²) in [6.07, 6.45) is 0.920. The first-order valence-electron chi connectivity index (χ1n) is 10.4. The highest BCUT2D eigenvalue weighted by molar-refractivity contribution is 5.98. The molecule has 158 valence electrons. The Bertz CT molecular complexity index is 921. The molecule has 1 saturated heterocycles. The van der Waals surface area contributed by atoms with Crippen LogP contribution in [0.1, 0.15) is 5.56 Å². The molecule has 30 heavy (non-hydrogen) atoms. The van der Waals surface area contributed by atoms with Gasteiger partial charge in [-0.25, -0.2) is 0 Å². The van der Waals surface area contributed by atoms with Crippen molar-refractivity contribution >= 4 is 23.2 Å². The molecule has 4 rings (SSSR count). The number of benzene rings is 2. The summed E-state index contributed by atoms with van der Waals surface area (Å²) < 4.78 is 5.34. The summed E-state index contributed by atoms with van der Waals surface area (Å²) in [5, 5.41) is 3.27. The van der Waals surface area contributed by atoms with E-state index < -0.39 is 0 Å². The van der Waals surface area contributed by atoms with Gasteiger partial charge >= 0.3 is 0 Å². The van der Waals surface area contributed by atoms with Gasteiger partial charge in [0.15, 0.2) is 5.96 Å². The maximum Gasteiger partial charge on any atom is 0.246 e. The van der Waals surface area contributed by atoms with Crippen LogP contribution in [0.3, 0.4) is 0 Å². The molecular formula is C23H29N5O2. The van der Waals surface area contributed by atoms with E-state index in [4.69, 9.17) is 4.74 Å². The number of nitrogens with one attached hydrogen (secondary N) is 1. The van der Waals surface area contributed by atoms with Gasteiger partial charge in [-0.2, -0.15) is 0 Å². The minimum Gasteiger partial charge on any atom is -0.497 e. The lowest BCUT2D eigenvalue weighted by molar-refractivity contribution is -0.117. The Labute approximate surface area is 177 Å². The maximum atomic E-state index is 12.8. The number of hydrogen-bond donors (Lipinski definition) is 1. The lowest BCUT2D eigenvalue weighted by Crippen LogP contribution is -2.54. The number of carbonyl (C=O) groups excluding carboxylic acids is 1. The number of nitrogens with zero attached hydrogens (tertiary/aromatic N) is 4. The number of amides is 1. The van der Waals surface area contributed by atoms with Crippen molar-refractivity contribution in [3.8, 4) is 5.75 Å². The zero-order valence-electron chi connectivity index (χ0n) is 17.7. The number of guanidine groups is 1. The third-order valence-electron chi connectivity index (χ3n) is 5.80. The van der Waals surface area contributed by atoms with Gasteiger partial charge in [0.2, 0.25) is 5.91 Å². The van der Waals surface area contributed by atoms with Gasteiger partial charge < -0.3 is 24.8 Å². The second-order valence-corrected chi connectivity index (χ2v) is 7.50. The number of para-hydroxylation sites is 1. The summed E-state index contributed by atoms with van der Waals surface area (Å²) in [7, 11) is 3.46. The molecule has 0 aromatic heterocycles. The van der Waals surface area contributed by atoms with Gasteiger partial charge in [0.25, 0.3) is 0 Å². The second kappa shape index (κ2) is 9.07. The molecule has 2 aliphatic heterocycles. The van der Waals surface area contributed by atoms with Gasteiger partial charge in [0.1, 0.15) is 5.75 Å². The van der Waals surface area contributed by atoms with E-state index in [1.165, 1.54) is 11.3 Å². The average Bonchev–Trinajstić information content (AvgIpc) is 3.24.